The van der Waals surface area contributed by atoms with Gasteiger partial charge in [-0.15, -0.1) is 0 Å². The molecule has 0 N–H and O–H groups in total. The number of anilines is 1. The molecule has 1 amide bonds. The van der Waals surface area contributed by atoms with Crippen LogP contribution >= 0.6 is 11.6 Å². The molecule has 2 aromatic carbocycles. The summed E-state index contributed by atoms with van der Waals surface area (Å²) >= 11 is 5.95. The van der Waals surface area contributed by atoms with Crippen molar-refractivity contribution in [3.63, 3.8) is 0 Å². The summed E-state index contributed by atoms with van der Waals surface area (Å²) in [4.78, 5) is 28.0. The van der Waals surface area contributed by atoms with Crippen molar-refractivity contribution in [3.05, 3.63) is 64.4 Å². The maximum absolute atomic E-state index is 14.0. The van der Waals surface area contributed by atoms with Crippen molar-refractivity contribution in [2.24, 2.45) is 0 Å². The van der Waals surface area contributed by atoms with Crippen molar-refractivity contribution < 1.29 is 14.0 Å². The number of carbonyl (C=O) groups excluding carboxylic acids is 2. The topological polar surface area (TPSA) is 40.6 Å². The number of carbonyl (C=O) groups is 2. The molecule has 130 valence electrons. The Labute approximate surface area is 150 Å². The average molecular weight is 361 g/mol. The molecule has 0 spiro atoms. The van der Waals surface area contributed by atoms with Gasteiger partial charge in [0.15, 0.2) is 5.78 Å². The predicted molar refractivity (Wildman–Crippen MR) is 96.0 cm³/mol. The molecule has 4 nitrogen and oxygen atoms in total. The first-order chi connectivity index (χ1) is 12.0. The molecule has 1 heterocycles. The van der Waals surface area contributed by atoms with E-state index in [9.17, 15) is 14.0 Å². The van der Waals surface area contributed by atoms with E-state index in [1.807, 2.05) is 4.90 Å². The molecule has 0 aliphatic carbocycles. The maximum atomic E-state index is 14.0. The highest BCUT2D eigenvalue weighted by atomic mass is 35.5. The number of piperazine rings is 1. The van der Waals surface area contributed by atoms with Gasteiger partial charge in [0.25, 0.3) is 5.91 Å². The highest BCUT2D eigenvalue weighted by Gasteiger charge is 2.25. The molecule has 6 heteroatoms. The Hall–Kier alpha value is -2.40. The summed E-state index contributed by atoms with van der Waals surface area (Å²) in [5.41, 5.74) is 1.25. The molecule has 1 aliphatic heterocycles. The SMILES string of the molecule is CC(=O)c1c(F)cccc1N1CCN(C(=O)c2cccc(Cl)c2)CC1. The molecule has 0 radical (unpaired) electrons. The monoisotopic (exact) mass is 360 g/mol. The van der Waals surface area contributed by atoms with Gasteiger partial charge in [-0.1, -0.05) is 23.7 Å². The third-order valence-corrected chi connectivity index (χ3v) is 4.56. The number of rotatable bonds is 3. The largest absolute Gasteiger partial charge is 0.367 e. The van der Waals surface area contributed by atoms with Gasteiger partial charge in [0.05, 0.1) is 11.3 Å². The summed E-state index contributed by atoms with van der Waals surface area (Å²) in [5, 5.41) is 0.523. The van der Waals surface area contributed by atoms with Crippen LogP contribution in [0.5, 0.6) is 0 Å². The van der Waals surface area contributed by atoms with Crippen LogP contribution in [-0.4, -0.2) is 42.8 Å². The Morgan fingerprint density at radius 3 is 2.36 bits per heavy atom. The maximum Gasteiger partial charge on any atom is 0.254 e. The quantitative estimate of drug-likeness (QED) is 0.784. The number of Topliss-reactive ketones (excluding diaryl/α,β-unsaturated/α-hetero) is 1. The summed E-state index contributed by atoms with van der Waals surface area (Å²) < 4.78 is 14.0. The van der Waals surface area contributed by atoms with E-state index in [2.05, 4.69) is 0 Å². The highest BCUT2D eigenvalue weighted by Crippen LogP contribution is 2.25. The zero-order valence-corrected chi connectivity index (χ0v) is 14.6. The van der Waals surface area contributed by atoms with Crippen LogP contribution in [0.3, 0.4) is 0 Å². The van der Waals surface area contributed by atoms with E-state index >= 15 is 0 Å². The van der Waals surface area contributed by atoms with Crippen LogP contribution < -0.4 is 4.90 Å². The van der Waals surface area contributed by atoms with Crippen LogP contribution in [0, 0.1) is 5.82 Å². The van der Waals surface area contributed by atoms with Gasteiger partial charge in [0.1, 0.15) is 5.82 Å². The Balaban J connectivity index is 1.74. The molecule has 0 bridgehead atoms. The zero-order chi connectivity index (χ0) is 18.0. The van der Waals surface area contributed by atoms with Gasteiger partial charge in [-0.05, 0) is 37.3 Å². The van der Waals surface area contributed by atoms with Crippen molar-refractivity contribution >= 4 is 29.0 Å². The second-order valence-corrected chi connectivity index (χ2v) is 6.42. The molecular formula is C19H18ClFN2O2. The Bertz CT molecular complexity index is 817. The summed E-state index contributed by atoms with van der Waals surface area (Å²) in [5.74, 6) is -0.888. The smallest absolute Gasteiger partial charge is 0.254 e. The minimum atomic E-state index is -0.512. The van der Waals surface area contributed by atoms with E-state index in [0.29, 0.717) is 42.5 Å². The predicted octanol–water partition coefficient (Wildman–Crippen LogP) is 3.64. The van der Waals surface area contributed by atoms with Gasteiger partial charge >= 0.3 is 0 Å². The lowest BCUT2D eigenvalue weighted by Crippen LogP contribution is -2.49. The first-order valence-corrected chi connectivity index (χ1v) is 8.44. The first kappa shape index (κ1) is 17.4. The van der Waals surface area contributed by atoms with Crippen LogP contribution in [0.25, 0.3) is 0 Å². The normalized spacial score (nSPS) is 14.5. The first-order valence-electron chi connectivity index (χ1n) is 8.06. The van der Waals surface area contributed by atoms with Gasteiger partial charge in [-0.3, -0.25) is 9.59 Å². The van der Waals surface area contributed by atoms with E-state index in [0.717, 1.165) is 0 Å². The molecule has 1 aliphatic rings. The Morgan fingerprint density at radius 1 is 1.04 bits per heavy atom. The third-order valence-electron chi connectivity index (χ3n) is 4.32. The van der Waals surface area contributed by atoms with Gasteiger partial charge in [0, 0.05) is 36.8 Å². The van der Waals surface area contributed by atoms with Crippen LogP contribution in [0.1, 0.15) is 27.6 Å². The molecule has 0 atom stereocenters. The highest BCUT2D eigenvalue weighted by molar-refractivity contribution is 6.30. The fourth-order valence-corrected chi connectivity index (χ4v) is 3.27. The van der Waals surface area contributed by atoms with E-state index in [-0.39, 0.29) is 17.3 Å². The summed E-state index contributed by atoms with van der Waals surface area (Å²) in [6.45, 7) is 3.44. The minimum Gasteiger partial charge on any atom is -0.367 e. The number of ketones is 1. The fraction of sp³-hybridized carbons (Fsp3) is 0.263. The molecule has 1 fully saturated rings. The van der Waals surface area contributed by atoms with Crippen molar-refractivity contribution in [3.8, 4) is 0 Å². The van der Waals surface area contributed by atoms with Crippen molar-refractivity contribution in [1.82, 2.24) is 4.90 Å². The average Bonchev–Trinajstić information content (AvgIpc) is 2.60. The van der Waals surface area contributed by atoms with Crippen LogP contribution in [-0.2, 0) is 0 Å². The Morgan fingerprint density at radius 2 is 1.72 bits per heavy atom. The zero-order valence-electron chi connectivity index (χ0n) is 13.8. The number of amides is 1. The number of nitrogens with zero attached hydrogens (tertiary/aromatic N) is 2. The molecular weight excluding hydrogens is 343 g/mol. The van der Waals surface area contributed by atoms with E-state index in [1.165, 1.54) is 13.0 Å². The van der Waals surface area contributed by atoms with Gasteiger partial charge in [0.2, 0.25) is 0 Å². The molecule has 3 rings (SSSR count). The standard InChI is InChI=1S/C19H18ClFN2O2/c1-13(24)18-16(21)6-3-7-17(18)22-8-10-23(11-9-22)19(25)14-4-2-5-15(20)12-14/h2-7,12H,8-11H2,1H3. The summed E-state index contributed by atoms with van der Waals surface area (Å²) in [7, 11) is 0. The van der Waals surface area contributed by atoms with E-state index < -0.39 is 5.82 Å². The lowest BCUT2D eigenvalue weighted by molar-refractivity contribution is 0.0746. The van der Waals surface area contributed by atoms with Gasteiger partial charge < -0.3 is 9.80 Å². The van der Waals surface area contributed by atoms with Gasteiger partial charge in [-0.2, -0.15) is 0 Å². The minimum absolute atomic E-state index is 0.0758. The second kappa shape index (κ2) is 7.23. The molecule has 0 saturated carbocycles. The lowest BCUT2D eigenvalue weighted by Gasteiger charge is -2.37. The lowest BCUT2D eigenvalue weighted by atomic mass is 10.1. The molecule has 0 aromatic heterocycles. The summed E-state index contributed by atoms with van der Waals surface area (Å²) in [6, 6.07) is 11.5. The van der Waals surface area contributed by atoms with Crippen LogP contribution in [0.15, 0.2) is 42.5 Å². The van der Waals surface area contributed by atoms with Crippen molar-refractivity contribution in [2.75, 3.05) is 31.1 Å². The van der Waals surface area contributed by atoms with E-state index in [1.54, 1.807) is 41.3 Å². The molecule has 25 heavy (non-hydrogen) atoms. The van der Waals surface area contributed by atoms with Crippen molar-refractivity contribution in [2.45, 2.75) is 6.92 Å². The molecule has 1 saturated heterocycles. The number of benzene rings is 2. The van der Waals surface area contributed by atoms with Crippen molar-refractivity contribution in [1.29, 1.82) is 0 Å². The van der Waals surface area contributed by atoms with Crippen LogP contribution in [0.4, 0.5) is 10.1 Å². The molecule has 0 unspecified atom stereocenters. The summed E-state index contributed by atoms with van der Waals surface area (Å²) in [6.07, 6.45) is 0. The number of hydrogen-bond donors (Lipinski definition) is 0. The molecule has 2 aromatic rings. The fourth-order valence-electron chi connectivity index (χ4n) is 3.08. The number of hydrogen-bond acceptors (Lipinski definition) is 3. The second-order valence-electron chi connectivity index (χ2n) is 5.98. The van der Waals surface area contributed by atoms with Crippen LogP contribution in [0.2, 0.25) is 5.02 Å². The van der Waals surface area contributed by atoms with Gasteiger partial charge in [-0.25, -0.2) is 4.39 Å². The Kier molecular flexibility index (Phi) is 5.04. The van der Waals surface area contributed by atoms with E-state index in [4.69, 9.17) is 11.6 Å². The number of halogens is 2. The third kappa shape index (κ3) is 3.66.